The van der Waals surface area contributed by atoms with Crippen molar-refractivity contribution in [2.24, 2.45) is 5.92 Å². The highest BCUT2D eigenvalue weighted by Crippen LogP contribution is 2.36. The van der Waals surface area contributed by atoms with Gasteiger partial charge in [-0.2, -0.15) is 5.26 Å². The van der Waals surface area contributed by atoms with Crippen molar-refractivity contribution < 1.29 is 0 Å². The van der Waals surface area contributed by atoms with Gasteiger partial charge in [-0.25, -0.2) is 0 Å². The number of hydrogen-bond acceptors (Lipinski definition) is 2. The fourth-order valence-corrected chi connectivity index (χ4v) is 2.97. The van der Waals surface area contributed by atoms with Crippen LogP contribution in [0, 0.1) is 24.2 Å². The Morgan fingerprint density at radius 2 is 2.00 bits per heavy atom. The number of nitrogens with zero attached hydrogens (tertiary/aromatic N) is 2. The lowest BCUT2D eigenvalue weighted by molar-refractivity contribution is 0.170. The van der Waals surface area contributed by atoms with Gasteiger partial charge in [0.2, 0.25) is 0 Å². The predicted octanol–water partition coefficient (Wildman–Crippen LogP) is 4.10. The number of benzene rings is 1. The summed E-state index contributed by atoms with van der Waals surface area (Å²) < 4.78 is 1.13. The molecule has 0 unspecified atom stereocenters. The molecule has 0 radical (unpaired) electrons. The highest BCUT2D eigenvalue weighted by Gasteiger charge is 2.38. The molecule has 1 heterocycles. The first kappa shape index (κ1) is 14.6. The molecule has 0 saturated carbocycles. The van der Waals surface area contributed by atoms with Crippen molar-refractivity contribution in [1.82, 2.24) is 4.90 Å². The predicted molar refractivity (Wildman–Crippen MR) is 82.0 cm³/mol. The molecule has 1 aliphatic rings. The van der Waals surface area contributed by atoms with Crippen LogP contribution >= 0.6 is 15.9 Å². The fraction of sp³-hybridized carbons (Fsp3) is 0.562. The molecule has 1 aromatic rings. The second-order valence-corrected chi connectivity index (χ2v) is 7.28. The normalized spacial score (nSPS) is 24.4. The van der Waals surface area contributed by atoms with E-state index >= 15 is 0 Å². The van der Waals surface area contributed by atoms with Gasteiger partial charge in [0.1, 0.15) is 0 Å². The minimum absolute atomic E-state index is 0.0970. The maximum atomic E-state index is 9.42. The van der Waals surface area contributed by atoms with Gasteiger partial charge in [0, 0.05) is 29.0 Å². The summed E-state index contributed by atoms with van der Waals surface area (Å²) in [5.41, 5.74) is 2.66. The zero-order chi connectivity index (χ0) is 14.2. The van der Waals surface area contributed by atoms with Crippen LogP contribution in [0.2, 0.25) is 0 Å². The van der Waals surface area contributed by atoms with Crippen molar-refractivity contribution in [3.05, 3.63) is 33.8 Å². The average molecular weight is 321 g/mol. The largest absolute Gasteiger partial charge is 0.297 e. The average Bonchev–Trinajstić information content (AvgIpc) is 2.76. The summed E-state index contributed by atoms with van der Waals surface area (Å²) in [4.78, 5) is 2.42. The monoisotopic (exact) mass is 320 g/mol. The lowest BCUT2D eigenvalue weighted by atomic mass is 9.89. The van der Waals surface area contributed by atoms with Crippen LogP contribution in [-0.4, -0.2) is 23.5 Å². The standard InChI is InChI=1S/C16H21BrN2/c1-11-7-12(5-6-15(11)17)14-10-19(16(2,3)4)9-13(14)8-18/h5-7,13-14H,9-10H2,1-4H3/t13-,14+/m1/s1. The van der Waals surface area contributed by atoms with E-state index in [-0.39, 0.29) is 11.5 Å². The Kier molecular flexibility index (Phi) is 4.03. The summed E-state index contributed by atoms with van der Waals surface area (Å²) >= 11 is 3.54. The van der Waals surface area contributed by atoms with Crippen LogP contribution in [0.1, 0.15) is 37.8 Å². The number of aryl methyl sites for hydroxylation is 1. The maximum absolute atomic E-state index is 9.42. The SMILES string of the molecule is Cc1cc([C@@H]2CN(C(C)(C)C)C[C@H]2C#N)ccc1Br. The Labute approximate surface area is 124 Å². The molecule has 0 bridgehead atoms. The van der Waals surface area contributed by atoms with E-state index < -0.39 is 0 Å². The van der Waals surface area contributed by atoms with Crippen LogP contribution < -0.4 is 0 Å². The molecule has 2 nitrogen and oxygen atoms in total. The molecule has 1 fully saturated rings. The Morgan fingerprint density at radius 1 is 1.32 bits per heavy atom. The molecule has 0 spiro atoms. The van der Waals surface area contributed by atoms with Crippen LogP contribution in [0.15, 0.2) is 22.7 Å². The van der Waals surface area contributed by atoms with Gasteiger partial charge >= 0.3 is 0 Å². The lowest BCUT2D eigenvalue weighted by Crippen LogP contribution is -2.39. The van der Waals surface area contributed by atoms with Gasteiger partial charge in [-0.05, 0) is 44.9 Å². The molecule has 1 aliphatic heterocycles. The quantitative estimate of drug-likeness (QED) is 0.779. The van der Waals surface area contributed by atoms with Gasteiger partial charge in [-0.1, -0.05) is 28.1 Å². The van der Waals surface area contributed by atoms with Crippen molar-refractivity contribution in [2.75, 3.05) is 13.1 Å². The molecule has 1 saturated heterocycles. The Morgan fingerprint density at radius 3 is 2.53 bits per heavy atom. The van der Waals surface area contributed by atoms with Crippen LogP contribution in [0.3, 0.4) is 0 Å². The van der Waals surface area contributed by atoms with E-state index in [9.17, 15) is 5.26 Å². The number of likely N-dealkylation sites (tertiary alicyclic amines) is 1. The smallest absolute Gasteiger partial charge is 0.0676 e. The van der Waals surface area contributed by atoms with Gasteiger partial charge in [-0.15, -0.1) is 0 Å². The van der Waals surface area contributed by atoms with E-state index in [1.54, 1.807) is 0 Å². The Bertz CT molecular complexity index is 510. The second kappa shape index (κ2) is 5.26. The maximum Gasteiger partial charge on any atom is 0.0676 e. The third-order valence-corrected chi connectivity index (χ3v) is 4.93. The summed E-state index contributed by atoms with van der Waals surface area (Å²) in [5.74, 6) is 0.427. The van der Waals surface area contributed by atoms with Crippen LogP contribution in [0.5, 0.6) is 0 Å². The van der Waals surface area contributed by atoms with E-state index in [1.807, 2.05) is 0 Å². The number of nitriles is 1. The fourth-order valence-electron chi connectivity index (χ4n) is 2.72. The van der Waals surface area contributed by atoms with E-state index in [4.69, 9.17) is 0 Å². The molecule has 2 rings (SSSR count). The number of rotatable bonds is 1. The Hall–Kier alpha value is -0.850. The first-order chi connectivity index (χ1) is 8.82. The zero-order valence-electron chi connectivity index (χ0n) is 12.1. The zero-order valence-corrected chi connectivity index (χ0v) is 13.7. The molecular formula is C16H21BrN2. The summed E-state index contributed by atoms with van der Waals surface area (Å²) in [5, 5.41) is 9.42. The highest BCUT2D eigenvalue weighted by atomic mass is 79.9. The van der Waals surface area contributed by atoms with Crippen molar-refractivity contribution >= 4 is 15.9 Å². The summed E-state index contributed by atoms with van der Waals surface area (Å²) in [7, 11) is 0. The molecule has 1 aromatic carbocycles. The molecule has 19 heavy (non-hydrogen) atoms. The molecule has 102 valence electrons. The van der Waals surface area contributed by atoms with Gasteiger partial charge in [0.15, 0.2) is 0 Å². The van der Waals surface area contributed by atoms with Gasteiger partial charge in [0.25, 0.3) is 0 Å². The van der Waals surface area contributed by atoms with Crippen molar-refractivity contribution in [2.45, 2.75) is 39.2 Å². The molecule has 0 aromatic heterocycles. The lowest BCUT2D eigenvalue weighted by Gasteiger charge is -2.31. The van der Waals surface area contributed by atoms with E-state index in [2.05, 4.69) is 72.8 Å². The molecular weight excluding hydrogens is 300 g/mol. The minimum atomic E-state index is 0.0970. The summed E-state index contributed by atoms with van der Waals surface area (Å²) in [6.45, 7) is 10.6. The van der Waals surface area contributed by atoms with Crippen LogP contribution in [-0.2, 0) is 0 Å². The number of hydrogen-bond donors (Lipinski definition) is 0. The van der Waals surface area contributed by atoms with E-state index in [0.29, 0.717) is 5.92 Å². The van der Waals surface area contributed by atoms with Crippen molar-refractivity contribution in [3.63, 3.8) is 0 Å². The summed E-state index contributed by atoms with van der Waals surface area (Å²) in [6, 6.07) is 8.96. The Balaban J connectivity index is 2.28. The number of halogens is 1. The highest BCUT2D eigenvalue weighted by molar-refractivity contribution is 9.10. The van der Waals surface area contributed by atoms with Gasteiger partial charge in [-0.3, -0.25) is 4.90 Å². The first-order valence-electron chi connectivity index (χ1n) is 6.73. The third kappa shape index (κ3) is 3.01. The molecule has 2 atom stereocenters. The molecule has 0 N–H and O–H groups in total. The van der Waals surface area contributed by atoms with E-state index in [0.717, 1.165) is 17.6 Å². The van der Waals surface area contributed by atoms with Crippen LogP contribution in [0.4, 0.5) is 0 Å². The molecule has 3 heteroatoms. The molecule has 0 amide bonds. The van der Waals surface area contributed by atoms with Gasteiger partial charge in [0.05, 0.1) is 12.0 Å². The van der Waals surface area contributed by atoms with Crippen molar-refractivity contribution in [3.8, 4) is 6.07 Å². The van der Waals surface area contributed by atoms with Gasteiger partial charge < -0.3 is 0 Å². The first-order valence-corrected chi connectivity index (χ1v) is 7.53. The van der Waals surface area contributed by atoms with E-state index in [1.165, 1.54) is 11.1 Å². The third-order valence-electron chi connectivity index (χ3n) is 4.04. The molecule has 0 aliphatic carbocycles. The minimum Gasteiger partial charge on any atom is -0.297 e. The topological polar surface area (TPSA) is 27.0 Å². The summed E-state index contributed by atoms with van der Waals surface area (Å²) in [6.07, 6.45) is 0. The van der Waals surface area contributed by atoms with Crippen molar-refractivity contribution in [1.29, 1.82) is 5.26 Å². The second-order valence-electron chi connectivity index (χ2n) is 6.43. The van der Waals surface area contributed by atoms with Crippen LogP contribution in [0.25, 0.3) is 0 Å².